The van der Waals surface area contributed by atoms with Gasteiger partial charge in [0.1, 0.15) is 4.88 Å². The summed E-state index contributed by atoms with van der Waals surface area (Å²) >= 11 is 0.475. The molecular weight excluding hydrogens is 407 g/mol. The summed E-state index contributed by atoms with van der Waals surface area (Å²) in [5.41, 5.74) is 0.392. The fraction of sp³-hybridized carbons (Fsp3) is 0.176. The topological polar surface area (TPSA) is 64.5 Å². The van der Waals surface area contributed by atoms with E-state index in [1.165, 1.54) is 31.3 Å². The van der Waals surface area contributed by atoms with Crippen molar-refractivity contribution < 1.29 is 36.5 Å². The van der Waals surface area contributed by atoms with Gasteiger partial charge in [0.25, 0.3) is 5.88 Å². The quantitative estimate of drug-likeness (QED) is 0.544. The molecule has 0 saturated carbocycles. The van der Waals surface area contributed by atoms with Gasteiger partial charge in [-0.2, -0.15) is 22.0 Å². The Kier molecular flexibility index (Phi) is 5.36. The molecular formula is C17H11F5N2O3S. The molecule has 5 nitrogen and oxygen atoms in total. The summed E-state index contributed by atoms with van der Waals surface area (Å²) in [6.45, 7) is -1.64. The van der Waals surface area contributed by atoms with Crippen LogP contribution in [0.15, 0.2) is 36.7 Å². The normalized spacial score (nSPS) is 11.7. The molecule has 0 aliphatic heterocycles. The molecule has 0 spiro atoms. The van der Waals surface area contributed by atoms with Crippen molar-refractivity contribution in [3.8, 4) is 33.7 Å². The monoisotopic (exact) mass is 418 g/mol. The van der Waals surface area contributed by atoms with Crippen molar-refractivity contribution in [3.05, 3.63) is 47.1 Å². The minimum absolute atomic E-state index is 0.121. The summed E-state index contributed by atoms with van der Waals surface area (Å²) in [6.07, 6.45) is -2.26. The van der Waals surface area contributed by atoms with Gasteiger partial charge >= 0.3 is 12.8 Å². The van der Waals surface area contributed by atoms with Crippen LogP contribution in [0.5, 0.6) is 23.1 Å². The van der Waals surface area contributed by atoms with Crippen LogP contribution in [-0.4, -0.2) is 21.7 Å². The number of aromatic nitrogens is 2. The zero-order chi connectivity index (χ0) is 20.5. The van der Waals surface area contributed by atoms with E-state index in [0.29, 0.717) is 11.3 Å². The summed E-state index contributed by atoms with van der Waals surface area (Å²) < 4.78 is 73.1. The lowest BCUT2D eigenvalue weighted by atomic mass is 10.2. The number of ether oxygens (including phenoxy) is 2. The SMILES string of the molecule is Cc1cc(-c2ccc(C(F)(F)F)s2)nc(Oc2ccncc2OC(F)F)c1O. The molecule has 11 heteroatoms. The highest BCUT2D eigenvalue weighted by atomic mass is 32.1. The Balaban J connectivity index is 1.98. The van der Waals surface area contributed by atoms with Crippen molar-refractivity contribution in [2.45, 2.75) is 19.7 Å². The van der Waals surface area contributed by atoms with Crippen LogP contribution < -0.4 is 9.47 Å². The molecule has 3 heterocycles. The summed E-state index contributed by atoms with van der Waals surface area (Å²) in [6, 6.07) is 4.76. The molecule has 0 fully saturated rings. The smallest absolute Gasteiger partial charge is 0.425 e. The van der Waals surface area contributed by atoms with Gasteiger partial charge in [-0.3, -0.25) is 4.98 Å². The molecule has 28 heavy (non-hydrogen) atoms. The number of hydrogen-bond donors (Lipinski definition) is 1. The molecule has 0 aliphatic rings. The van der Waals surface area contributed by atoms with Crippen molar-refractivity contribution in [2.75, 3.05) is 0 Å². The van der Waals surface area contributed by atoms with E-state index in [1.807, 2.05) is 0 Å². The predicted octanol–water partition coefficient (Wildman–Crippen LogP) is 5.63. The van der Waals surface area contributed by atoms with E-state index in [2.05, 4.69) is 14.7 Å². The number of hydrogen-bond acceptors (Lipinski definition) is 6. The van der Waals surface area contributed by atoms with Gasteiger partial charge in [-0.05, 0) is 30.7 Å². The number of nitrogens with zero attached hydrogens (tertiary/aromatic N) is 2. The van der Waals surface area contributed by atoms with Gasteiger partial charge in [0.15, 0.2) is 17.2 Å². The first-order valence-electron chi connectivity index (χ1n) is 7.60. The highest BCUT2D eigenvalue weighted by Gasteiger charge is 2.32. The number of pyridine rings is 2. The van der Waals surface area contributed by atoms with E-state index in [9.17, 15) is 27.1 Å². The van der Waals surface area contributed by atoms with Gasteiger partial charge in [-0.25, -0.2) is 4.98 Å². The average molecular weight is 418 g/mol. The number of alkyl halides is 5. The fourth-order valence-electron chi connectivity index (χ4n) is 2.20. The number of aryl methyl sites for hydroxylation is 1. The van der Waals surface area contributed by atoms with Crippen molar-refractivity contribution in [1.29, 1.82) is 0 Å². The Labute approximate surface area is 159 Å². The van der Waals surface area contributed by atoms with E-state index in [1.54, 1.807) is 0 Å². The molecule has 0 radical (unpaired) electrons. The number of thiophene rings is 1. The molecule has 1 N–H and O–H groups in total. The van der Waals surface area contributed by atoms with Crippen LogP contribution in [-0.2, 0) is 6.18 Å². The summed E-state index contributed by atoms with van der Waals surface area (Å²) in [5, 5.41) is 10.2. The predicted molar refractivity (Wildman–Crippen MR) is 89.9 cm³/mol. The summed E-state index contributed by atoms with van der Waals surface area (Å²) in [4.78, 5) is 7.05. The molecule has 3 rings (SSSR count). The van der Waals surface area contributed by atoms with Crippen LogP contribution in [0.2, 0.25) is 0 Å². The molecule has 148 valence electrons. The molecule has 3 aromatic rings. The first-order chi connectivity index (χ1) is 13.1. The van der Waals surface area contributed by atoms with Gasteiger partial charge in [-0.15, -0.1) is 11.3 Å². The molecule has 0 aromatic carbocycles. The largest absolute Gasteiger partial charge is 0.503 e. The summed E-state index contributed by atoms with van der Waals surface area (Å²) in [7, 11) is 0. The first kappa shape index (κ1) is 19.8. The third kappa shape index (κ3) is 4.30. The molecule has 0 aliphatic carbocycles. The highest BCUT2D eigenvalue weighted by Crippen LogP contribution is 2.41. The Morgan fingerprint density at radius 3 is 2.54 bits per heavy atom. The minimum atomic E-state index is -4.49. The van der Waals surface area contributed by atoms with Crippen molar-refractivity contribution in [2.24, 2.45) is 0 Å². The van der Waals surface area contributed by atoms with E-state index in [-0.39, 0.29) is 27.8 Å². The van der Waals surface area contributed by atoms with E-state index in [4.69, 9.17) is 4.74 Å². The van der Waals surface area contributed by atoms with Crippen molar-refractivity contribution in [1.82, 2.24) is 9.97 Å². The van der Waals surface area contributed by atoms with Crippen LogP contribution in [0.25, 0.3) is 10.6 Å². The second-order valence-electron chi connectivity index (χ2n) is 5.44. The second-order valence-corrected chi connectivity index (χ2v) is 6.53. The van der Waals surface area contributed by atoms with Crippen molar-refractivity contribution >= 4 is 11.3 Å². The lowest BCUT2D eigenvalue weighted by Gasteiger charge is -2.13. The average Bonchev–Trinajstić information content (AvgIpc) is 3.10. The van der Waals surface area contributed by atoms with Gasteiger partial charge in [0.05, 0.1) is 16.8 Å². The van der Waals surface area contributed by atoms with E-state index >= 15 is 0 Å². The van der Waals surface area contributed by atoms with Crippen LogP contribution >= 0.6 is 11.3 Å². The zero-order valence-corrected chi connectivity index (χ0v) is 14.8. The van der Waals surface area contributed by atoms with Gasteiger partial charge < -0.3 is 14.6 Å². The second kappa shape index (κ2) is 7.58. The van der Waals surface area contributed by atoms with E-state index < -0.39 is 29.2 Å². The van der Waals surface area contributed by atoms with Crippen LogP contribution in [0.4, 0.5) is 22.0 Å². The minimum Gasteiger partial charge on any atom is -0.503 e. The molecule has 3 aromatic heterocycles. The van der Waals surface area contributed by atoms with E-state index in [0.717, 1.165) is 12.3 Å². The van der Waals surface area contributed by atoms with Gasteiger partial charge in [0.2, 0.25) is 0 Å². The number of halogens is 5. The van der Waals surface area contributed by atoms with Crippen LogP contribution in [0.1, 0.15) is 10.4 Å². The van der Waals surface area contributed by atoms with Crippen LogP contribution in [0.3, 0.4) is 0 Å². The fourth-order valence-corrected chi connectivity index (χ4v) is 3.04. The first-order valence-corrected chi connectivity index (χ1v) is 8.41. The van der Waals surface area contributed by atoms with Gasteiger partial charge in [0, 0.05) is 12.3 Å². The summed E-state index contributed by atoms with van der Waals surface area (Å²) in [5.74, 6) is -1.35. The molecule has 0 saturated heterocycles. The molecule has 0 atom stereocenters. The number of rotatable bonds is 5. The van der Waals surface area contributed by atoms with Crippen LogP contribution in [0, 0.1) is 6.92 Å². The maximum atomic E-state index is 12.8. The zero-order valence-electron chi connectivity index (χ0n) is 14.0. The maximum Gasteiger partial charge on any atom is 0.425 e. The van der Waals surface area contributed by atoms with Gasteiger partial charge in [-0.1, -0.05) is 0 Å². The maximum absolute atomic E-state index is 12.8. The Hall–Kier alpha value is -2.95. The lowest BCUT2D eigenvalue weighted by Crippen LogP contribution is -2.04. The molecule has 0 unspecified atom stereocenters. The number of aromatic hydroxyl groups is 1. The van der Waals surface area contributed by atoms with Crippen molar-refractivity contribution in [3.63, 3.8) is 0 Å². The lowest BCUT2D eigenvalue weighted by molar-refractivity contribution is -0.134. The third-order valence-corrected chi connectivity index (χ3v) is 4.61. The third-order valence-electron chi connectivity index (χ3n) is 3.46. The standard InChI is InChI=1S/C17H11F5N2O3S/c1-8-6-9(12-2-3-13(28-12)17(20,21)22)24-15(14(8)25)26-10-4-5-23-7-11(10)27-16(18)19/h2-7,16,25H,1H3. The highest BCUT2D eigenvalue weighted by molar-refractivity contribution is 7.15. The Morgan fingerprint density at radius 2 is 1.89 bits per heavy atom. The molecule has 0 amide bonds. The Morgan fingerprint density at radius 1 is 1.14 bits per heavy atom. The molecule has 0 bridgehead atoms. The Bertz CT molecular complexity index is 991.